The molecule has 3 aromatic carbocycles. The number of ketones is 1. The maximum absolute atomic E-state index is 13.1. The number of rotatable bonds is 5. The van der Waals surface area contributed by atoms with Gasteiger partial charge in [0.25, 0.3) is 5.91 Å². The van der Waals surface area contributed by atoms with Crippen molar-refractivity contribution in [1.29, 1.82) is 0 Å². The number of hydrogen-bond acceptors (Lipinski definition) is 5. The molecule has 0 radical (unpaired) electrons. The number of nitrogens with two attached hydrogens (primary N) is 1. The maximum atomic E-state index is 13.1. The molecular weight excluding hydrogens is 462 g/mol. The van der Waals surface area contributed by atoms with Crippen molar-refractivity contribution in [1.82, 2.24) is 10.3 Å². The first-order valence-corrected chi connectivity index (χ1v) is 12.3. The van der Waals surface area contributed by atoms with E-state index in [-0.39, 0.29) is 17.6 Å². The third-order valence-electron chi connectivity index (χ3n) is 7.26. The zero-order chi connectivity index (χ0) is 26.3. The highest BCUT2D eigenvalue weighted by molar-refractivity contribution is 6.09. The van der Waals surface area contributed by atoms with Crippen LogP contribution in [0.4, 0.5) is 5.82 Å². The number of nitrogens with one attached hydrogen (secondary N) is 1. The summed E-state index contributed by atoms with van der Waals surface area (Å²) in [5.41, 5.74) is 13.5. The zero-order valence-electron chi connectivity index (χ0n) is 21.1. The van der Waals surface area contributed by atoms with Crippen molar-refractivity contribution in [2.24, 2.45) is 0 Å². The van der Waals surface area contributed by atoms with Crippen LogP contribution in [-0.4, -0.2) is 21.8 Å². The third kappa shape index (κ3) is 4.52. The van der Waals surface area contributed by atoms with Crippen molar-refractivity contribution >= 4 is 17.5 Å². The van der Waals surface area contributed by atoms with Gasteiger partial charge >= 0.3 is 0 Å². The van der Waals surface area contributed by atoms with E-state index in [1.165, 1.54) is 0 Å². The number of nitrogens with zero attached hydrogens (tertiary/aromatic N) is 1. The molecule has 0 fully saturated rings. The van der Waals surface area contributed by atoms with Gasteiger partial charge in [0.2, 0.25) is 0 Å². The smallest absolute Gasteiger partial charge is 0.251 e. The standard InChI is InChI=1S/C31H29N3O3/c1-17-13-28(32)34-19(3)27(17)16-33-31(37)22-10-12-24-26(15-22)18(2)25-14-21(9-11-23(25)30(24)36)29(35)20-7-5-4-6-8-20/h4-15,18,30,36H,16H2,1-3H3,(H2,32,34)(H,33,37)/t18-,30+/m1/s1. The summed E-state index contributed by atoms with van der Waals surface area (Å²) in [5, 5.41) is 14.1. The number of nitrogen functional groups attached to an aromatic ring is 1. The average molecular weight is 492 g/mol. The topological polar surface area (TPSA) is 105 Å². The first-order chi connectivity index (χ1) is 17.7. The van der Waals surface area contributed by atoms with E-state index in [0.717, 1.165) is 39.1 Å². The fraction of sp³-hybridized carbons (Fsp3) is 0.194. The van der Waals surface area contributed by atoms with E-state index in [1.54, 1.807) is 30.3 Å². The minimum absolute atomic E-state index is 0.0632. The van der Waals surface area contributed by atoms with E-state index in [9.17, 15) is 14.7 Å². The first kappa shape index (κ1) is 24.4. The summed E-state index contributed by atoms with van der Waals surface area (Å²) in [6.45, 7) is 6.20. The number of benzene rings is 3. The quantitative estimate of drug-likeness (QED) is 0.341. The number of hydrogen-bond donors (Lipinski definition) is 3. The van der Waals surface area contributed by atoms with Crippen molar-refractivity contribution in [2.75, 3.05) is 5.73 Å². The Hall–Kier alpha value is -4.29. The third-order valence-corrected chi connectivity index (χ3v) is 7.26. The van der Waals surface area contributed by atoms with Crippen LogP contribution in [0.2, 0.25) is 0 Å². The summed E-state index contributed by atoms with van der Waals surface area (Å²) in [6, 6.07) is 21.8. The number of carbonyl (C=O) groups excluding carboxylic acids is 2. The fourth-order valence-electron chi connectivity index (χ4n) is 5.20. The molecule has 1 amide bonds. The molecule has 1 heterocycles. The molecule has 6 heteroatoms. The number of anilines is 1. The van der Waals surface area contributed by atoms with Gasteiger partial charge in [0.1, 0.15) is 11.9 Å². The Morgan fingerprint density at radius 1 is 0.865 bits per heavy atom. The Labute approximate surface area is 216 Å². The van der Waals surface area contributed by atoms with Gasteiger partial charge in [-0.1, -0.05) is 55.5 Å². The van der Waals surface area contributed by atoms with Crippen LogP contribution in [0.5, 0.6) is 0 Å². The minimum Gasteiger partial charge on any atom is -0.384 e. The van der Waals surface area contributed by atoms with Gasteiger partial charge in [-0.3, -0.25) is 9.59 Å². The van der Waals surface area contributed by atoms with Crippen LogP contribution in [-0.2, 0) is 6.54 Å². The van der Waals surface area contributed by atoms with E-state index in [2.05, 4.69) is 10.3 Å². The van der Waals surface area contributed by atoms with Gasteiger partial charge in [-0.15, -0.1) is 0 Å². The molecule has 4 aromatic rings. The monoisotopic (exact) mass is 491 g/mol. The summed E-state index contributed by atoms with van der Waals surface area (Å²) < 4.78 is 0. The average Bonchev–Trinajstić information content (AvgIpc) is 2.90. The minimum atomic E-state index is -0.828. The molecule has 4 N–H and O–H groups in total. The number of pyridine rings is 1. The second-order valence-electron chi connectivity index (χ2n) is 9.62. The normalized spacial score (nSPS) is 16.0. The van der Waals surface area contributed by atoms with Crippen molar-refractivity contribution in [3.05, 3.63) is 129 Å². The van der Waals surface area contributed by atoms with Gasteiger partial charge in [-0.25, -0.2) is 4.98 Å². The first-order valence-electron chi connectivity index (χ1n) is 12.3. The van der Waals surface area contributed by atoms with E-state index < -0.39 is 6.10 Å². The molecule has 5 rings (SSSR count). The number of aliphatic hydroxyl groups is 1. The van der Waals surface area contributed by atoms with Crippen LogP contribution in [0.3, 0.4) is 0 Å². The number of carbonyl (C=O) groups is 2. The molecule has 0 saturated heterocycles. The van der Waals surface area contributed by atoms with E-state index in [1.807, 2.05) is 63.2 Å². The van der Waals surface area contributed by atoms with Crippen molar-refractivity contribution in [3.63, 3.8) is 0 Å². The zero-order valence-corrected chi connectivity index (χ0v) is 21.1. The predicted octanol–water partition coefficient (Wildman–Crippen LogP) is 4.99. The number of amides is 1. The molecular formula is C31H29N3O3. The van der Waals surface area contributed by atoms with Crippen LogP contribution < -0.4 is 11.1 Å². The molecule has 0 spiro atoms. The summed E-state index contributed by atoms with van der Waals surface area (Å²) in [6.07, 6.45) is -0.828. The lowest BCUT2D eigenvalue weighted by atomic mass is 9.76. The Kier molecular flexibility index (Phi) is 6.36. The van der Waals surface area contributed by atoms with Crippen LogP contribution in [0, 0.1) is 13.8 Å². The summed E-state index contributed by atoms with van der Waals surface area (Å²) in [7, 11) is 0. The fourth-order valence-corrected chi connectivity index (χ4v) is 5.20. The van der Waals surface area contributed by atoms with Crippen LogP contribution in [0.25, 0.3) is 0 Å². The Morgan fingerprint density at radius 3 is 2.14 bits per heavy atom. The summed E-state index contributed by atoms with van der Waals surface area (Å²) >= 11 is 0. The van der Waals surface area contributed by atoms with Gasteiger partial charge in [0.15, 0.2) is 5.78 Å². The number of aliphatic hydroxyl groups excluding tert-OH is 1. The van der Waals surface area contributed by atoms with Gasteiger partial charge in [0, 0.05) is 34.8 Å². The van der Waals surface area contributed by atoms with Crippen LogP contribution in [0.1, 0.15) is 84.3 Å². The van der Waals surface area contributed by atoms with Crippen molar-refractivity contribution < 1.29 is 14.7 Å². The highest BCUT2D eigenvalue weighted by Gasteiger charge is 2.30. The Bertz CT molecular complexity index is 1510. The Morgan fingerprint density at radius 2 is 1.49 bits per heavy atom. The molecule has 0 unspecified atom stereocenters. The molecule has 0 saturated carbocycles. The Balaban J connectivity index is 1.42. The second-order valence-corrected chi connectivity index (χ2v) is 9.62. The molecule has 1 aliphatic rings. The van der Waals surface area contributed by atoms with Crippen molar-refractivity contribution in [3.8, 4) is 0 Å². The van der Waals surface area contributed by atoms with Gasteiger partial charge in [-0.05, 0) is 71.5 Å². The van der Waals surface area contributed by atoms with Gasteiger partial charge < -0.3 is 16.2 Å². The molecule has 1 aromatic heterocycles. The number of aromatic nitrogens is 1. The SMILES string of the molecule is Cc1cc(N)nc(C)c1CNC(=O)c1ccc2c(c1)[C@H](C)c1cc(C(=O)c3ccccc3)ccc1[C@@H]2O. The lowest BCUT2D eigenvalue weighted by molar-refractivity contribution is 0.0950. The molecule has 6 nitrogen and oxygen atoms in total. The molecule has 0 aliphatic heterocycles. The molecule has 37 heavy (non-hydrogen) atoms. The number of fused-ring (bicyclic) bond motifs is 2. The van der Waals surface area contributed by atoms with E-state index >= 15 is 0 Å². The maximum Gasteiger partial charge on any atom is 0.251 e. The van der Waals surface area contributed by atoms with Crippen molar-refractivity contribution in [2.45, 2.75) is 39.3 Å². The molecule has 0 bridgehead atoms. The molecule has 1 aliphatic carbocycles. The van der Waals surface area contributed by atoms with E-state index in [4.69, 9.17) is 5.73 Å². The second kappa shape index (κ2) is 9.64. The largest absolute Gasteiger partial charge is 0.384 e. The highest BCUT2D eigenvalue weighted by atomic mass is 16.3. The summed E-state index contributed by atoms with van der Waals surface area (Å²) in [4.78, 5) is 30.4. The van der Waals surface area contributed by atoms with Gasteiger partial charge in [-0.2, -0.15) is 0 Å². The molecule has 186 valence electrons. The van der Waals surface area contributed by atoms with Crippen LogP contribution in [0.15, 0.2) is 72.8 Å². The summed E-state index contributed by atoms with van der Waals surface area (Å²) in [5.74, 6) is 0.0855. The van der Waals surface area contributed by atoms with E-state index in [0.29, 0.717) is 29.1 Å². The lowest BCUT2D eigenvalue weighted by Crippen LogP contribution is -2.25. The number of aryl methyl sites for hydroxylation is 2. The predicted molar refractivity (Wildman–Crippen MR) is 144 cm³/mol. The lowest BCUT2D eigenvalue weighted by Gasteiger charge is -2.30. The van der Waals surface area contributed by atoms with Gasteiger partial charge in [0.05, 0.1) is 0 Å². The molecule has 2 atom stereocenters. The van der Waals surface area contributed by atoms with Crippen LogP contribution >= 0.6 is 0 Å². The highest BCUT2D eigenvalue weighted by Crippen LogP contribution is 2.42.